The van der Waals surface area contributed by atoms with E-state index in [-0.39, 0.29) is 29.4 Å². The van der Waals surface area contributed by atoms with E-state index < -0.39 is 11.5 Å². The minimum Gasteiger partial charge on any atom is -0.465 e. The van der Waals surface area contributed by atoms with Gasteiger partial charge in [-0.15, -0.1) is 0 Å². The average molecular weight is 530 g/mol. The zero-order valence-electron chi connectivity index (χ0n) is 20.2. The molecule has 6 rings (SSSR count). The number of nitrogens with zero attached hydrogens (tertiary/aromatic N) is 3. The van der Waals surface area contributed by atoms with E-state index in [1.165, 1.54) is 6.07 Å². The molecule has 1 atom stereocenters. The van der Waals surface area contributed by atoms with Crippen LogP contribution in [0.3, 0.4) is 0 Å². The number of aliphatic imine (C=N–C) groups is 1. The lowest BCUT2D eigenvalue weighted by Crippen LogP contribution is -2.42. The number of fused-ring (bicyclic) bond motifs is 4. The predicted molar refractivity (Wildman–Crippen MR) is 141 cm³/mol. The van der Waals surface area contributed by atoms with E-state index >= 15 is 4.39 Å². The van der Waals surface area contributed by atoms with E-state index in [1.54, 1.807) is 36.5 Å². The lowest BCUT2D eigenvalue weighted by atomic mass is 9.78. The highest BCUT2D eigenvalue weighted by molar-refractivity contribution is 6.29. The number of nitrogens with one attached hydrogen (secondary N) is 2. The van der Waals surface area contributed by atoms with Crippen LogP contribution in [0.1, 0.15) is 33.5 Å². The normalized spacial score (nSPS) is 17.4. The van der Waals surface area contributed by atoms with Crippen molar-refractivity contribution in [1.82, 2.24) is 15.3 Å². The van der Waals surface area contributed by atoms with Crippen molar-refractivity contribution >= 4 is 35.0 Å². The van der Waals surface area contributed by atoms with Gasteiger partial charge in [0.2, 0.25) is 0 Å². The molecule has 2 aliphatic heterocycles. The maximum absolute atomic E-state index is 15.0. The number of aryl methyl sites for hydroxylation is 1. The maximum Gasteiger partial charge on any atom is 0.292 e. The third-order valence-electron chi connectivity index (χ3n) is 6.51. The van der Waals surface area contributed by atoms with Crippen LogP contribution in [0.5, 0.6) is 11.5 Å². The molecule has 0 saturated heterocycles. The van der Waals surface area contributed by atoms with Crippen molar-refractivity contribution in [2.24, 2.45) is 4.99 Å². The summed E-state index contributed by atoms with van der Waals surface area (Å²) in [5, 5.41) is 6.03. The number of ether oxygens (including phenoxy) is 2. The first-order chi connectivity index (χ1) is 18.4. The van der Waals surface area contributed by atoms with Crippen molar-refractivity contribution in [2.45, 2.75) is 18.9 Å². The molecule has 0 radical (unpaired) electrons. The summed E-state index contributed by atoms with van der Waals surface area (Å²) in [6.07, 6.45) is 2.05. The summed E-state index contributed by atoms with van der Waals surface area (Å²) in [5.41, 5.74) is 2.03. The molecule has 4 heterocycles. The molecule has 0 aliphatic carbocycles. The van der Waals surface area contributed by atoms with Gasteiger partial charge in [-0.1, -0.05) is 35.9 Å². The number of pyridine rings is 2. The zero-order chi connectivity index (χ0) is 26.3. The lowest BCUT2D eigenvalue weighted by molar-refractivity contribution is 0.0959. The largest absolute Gasteiger partial charge is 0.465 e. The van der Waals surface area contributed by atoms with Crippen LogP contribution in [0.4, 0.5) is 15.9 Å². The summed E-state index contributed by atoms with van der Waals surface area (Å²) < 4.78 is 26.7. The molecule has 0 bridgehead atoms. The highest BCUT2D eigenvalue weighted by atomic mass is 35.5. The molecule has 10 heteroatoms. The number of benzene rings is 2. The van der Waals surface area contributed by atoms with Crippen LogP contribution in [0, 0.1) is 12.9 Å². The van der Waals surface area contributed by atoms with Gasteiger partial charge in [-0.3, -0.25) is 10.1 Å². The smallest absolute Gasteiger partial charge is 0.292 e. The number of anilines is 2. The topological polar surface area (TPSA) is 97.7 Å². The second-order valence-electron chi connectivity index (χ2n) is 8.92. The van der Waals surface area contributed by atoms with E-state index in [2.05, 4.69) is 20.6 Å². The van der Waals surface area contributed by atoms with Crippen molar-refractivity contribution in [2.75, 3.05) is 11.9 Å². The Balaban J connectivity index is 1.47. The molecule has 2 aliphatic rings. The van der Waals surface area contributed by atoms with Gasteiger partial charge in [-0.05, 0) is 55.0 Å². The van der Waals surface area contributed by atoms with E-state index in [1.807, 2.05) is 37.3 Å². The third kappa shape index (κ3) is 4.20. The van der Waals surface area contributed by atoms with Crippen LogP contribution in [-0.4, -0.2) is 28.5 Å². The van der Waals surface area contributed by atoms with Crippen molar-refractivity contribution in [3.05, 3.63) is 106 Å². The fourth-order valence-electron chi connectivity index (χ4n) is 4.67. The summed E-state index contributed by atoms with van der Waals surface area (Å²) in [6.45, 7) is 2.15. The Bertz CT molecular complexity index is 1600. The van der Waals surface area contributed by atoms with Crippen molar-refractivity contribution < 1.29 is 18.7 Å². The van der Waals surface area contributed by atoms with Crippen LogP contribution in [0.2, 0.25) is 5.15 Å². The number of hydrogen-bond acceptors (Lipinski definition) is 7. The molecule has 38 heavy (non-hydrogen) atoms. The summed E-state index contributed by atoms with van der Waals surface area (Å²) in [7, 11) is 0. The van der Waals surface area contributed by atoms with E-state index in [0.717, 1.165) is 11.3 Å². The number of halogens is 2. The molecule has 1 spiro atoms. The van der Waals surface area contributed by atoms with Crippen LogP contribution < -0.4 is 15.4 Å². The zero-order valence-corrected chi connectivity index (χ0v) is 20.9. The van der Waals surface area contributed by atoms with Crippen molar-refractivity contribution in [3.63, 3.8) is 0 Å². The Morgan fingerprint density at radius 3 is 2.74 bits per heavy atom. The number of amidine groups is 1. The summed E-state index contributed by atoms with van der Waals surface area (Å²) in [6, 6.07) is 19.5. The van der Waals surface area contributed by atoms with E-state index in [0.29, 0.717) is 34.7 Å². The Labute approximate surface area is 222 Å². The number of rotatable bonds is 3. The first-order valence-electron chi connectivity index (χ1n) is 11.9. The van der Waals surface area contributed by atoms with E-state index in [9.17, 15) is 4.79 Å². The standard InChI is InChI=1S/C28H21ClFN5O3/c1-16-6-5-12-31-25(16)32-18-9-10-21-19(14-18)28(20-15-22(29)33-24(30)23(20)38-21)11-13-37-27(35-28)34-26(36)17-7-3-2-4-8-17/h2-10,12,14-15H,11,13H2,1H3,(H,31,32)(H,34,35,36). The lowest BCUT2D eigenvalue weighted by Gasteiger charge is -2.39. The monoisotopic (exact) mass is 529 g/mol. The summed E-state index contributed by atoms with van der Waals surface area (Å²) >= 11 is 6.19. The first-order valence-corrected chi connectivity index (χ1v) is 12.3. The highest BCUT2D eigenvalue weighted by Gasteiger charge is 2.47. The van der Waals surface area contributed by atoms with Gasteiger partial charge < -0.3 is 14.8 Å². The molecule has 0 saturated carbocycles. The third-order valence-corrected chi connectivity index (χ3v) is 6.70. The molecule has 1 unspecified atom stereocenters. The van der Waals surface area contributed by atoms with Crippen molar-refractivity contribution in [1.29, 1.82) is 0 Å². The molecule has 2 aromatic heterocycles. The van der Waals surface area contributed by atoms with Gasteiger partial charge in [-0.2, -0.15) is 4.39 Å². The fourth-order valence-corrected chi connectivity index (χ4v) is 4.86. The van der Waals surface area contributed by atoms with Gasteiger partial charge in [0.05, 0.1) is 6.61 Å². The van der Waals surface area contributed by atoms with Gasteiger partial charge in [-0.25, -0.2) is 15.0 Å². The SMILES string of the molecule is Cc1cccnc1Nc1ccc2c(c1)C1(CCOC(NC(=O)c3ccccc3)=N1)c1cc(Cl)nc(F)c1O2. The van der Waals surface area contributed by atoms with Gasteiger partial charge in [0.15, 0.2) is 5.75 Å². The molecule has 2 N–H and O–H groups in total. The average Bonchev–Trinajstić information content (AvgIpc) is 2.92. The Hall–Kier alpha value is -4.50. The number of amides is 1. The number of aromatic nitrogens is 2. The Morgan fingerprint density at radius 1 is 1.08 bits per heavy atom. The molecule has 8 nitrogen and oxygen atoms in total. The minimum absolute atomic E-state index is 0.0104. The fraction of sp³-hybridized carbons (Fsp3) is 0.143. The van der Waals surface area contributed by atoms with E-state index in [4.69, 9.17) is 26.1 Å². The van der Waals surface area contributed by atoms with Crippen LogP contribution in [0.25, 0.3) is 0 Å². The van der Waals surface area contributed by atoms with Gasteiger partial charge in [0.1, 0.15) is 22.3 Å². The molecule has 190 valence electrons. The molecular weight excluding hydrogens is 509 g/mol. The van der Waals surface area contributed by atoms with Crippen LogP contribution >= 0.6 is 11.6 Å². The van der Waals surface area contributed by atoms with Gasteiger partial charge in [0.25, 0.3) is 17.9 Å². The number of carbonyl (C=O) groups excluding carboxylic acids is 1. The second-order valence-corrected chi connectivity index (χ2v) is 9.30. The molecular formula is C28H21ClFN5O3. The minimum atomic E-state index is -1.16. The second kappa shape index (κ2) is 9.42. The quantitative estimate of drug-likeness (QED) is 0.322. The Kier molecular flexibility index (Phi) is 5.92. The van der Waals surface area contributed by atoms with Gasteiger partial charge in [0, 0.05) is 35.0 Å². The molecule has 4 aromatic rings. The number of hydrogen-bond donors (Lipinski definition) is 2. The summed E-state index contributed by atoms with van der Waals surface area (Å²) in [5.74, 6) is -0.191. The molecule has 0 fully saturated rings. The maximum atomic E-state index is 15.0. The molecule has 1 amide bonds. The molecule has 2 aromatic carbocycles. The van der Waals surface area contributed by atoms with Gasteiger partial charge >= 0.3 is 0 Å². The summed E-state index contributed by atoms with van der Waals surface area (Å²) in [4.78, 5) is 25.9. The highest BCUT2D eigenvalue weighted by Crippen LogP contribution is 2.53. The Morgan fingerprint density at radius 2 is 1.92 bits per heavy atom. The number of carbonyl (C=O) groups is 1. The van der Waals surface area contributed by atoms with Crippen LogP contribution in [0.15, 0.2) is 77.9 Å². The van der Waals surface area contributed by atoms with Crippen LogP contribution in [-0.2, 0) is 10.3 Å². The predicted octanol–water partition coefficient (Wildman–Crippen LogP) is 5.88. The van der Waals surface area contributed by atoms with Crippen molar-refractivity contribution in [3.8, 4) is 11.5 Å². The first kappa shape index (κ1) is 23.9.